The van der Waals surface area contributed by atoms with Crippen LogP contribution in [0.1, 0.15) is 31.9 Å². The Labute approximate surface area is 151 Å². The molecule has 2 heterocycles. The maximum Gasteiger partial charge on any atom is 0.410 e. The molecule has 0 saturated heterocycles. The van der Waals surface area contributed by atoms with E-state index in [4.69, 9.17) is 16.3 Å². The van der Waals surface area contributed by atoms with Gasteiger partial charge < -0.3 is 9.64 Å². The van der Waals surface area contributed by atoms with Crippen molar-refractivity contribution in [3.63, 3.8) is 0 Å². The number of carbonyl (C=O) groups is 1. The monoisotopic (exact) mass is 362 g/mol. The number of aromatic nitrogens is 1. The van der Waals surface area contributed by atoms with Crippen LogP contribution in [0.4, 0.5) is 9.18 Å². The van der Waals surface area contributed by atoms with Crippen molar-refractivity contribution in [1.82, 2.24) is 9.88 Å². The number of rotatable bonds is 1. The number of pyridine rings is 1. The Morgan fingerprint density at radius 2 is 2.00 bits per heavy atom. The van der Waals surface area contributed by atoms with Crippen LogP contribution in [0.2, 0.25) is 5.02 Å². The first-order valence-electron chi connectivity index (χ1n) is 8.14. The van der Waals surface area contributed by atoms with Crippen LogP contribution in [0.25, 0.3) is 11.1 Å². The molecule has 1 aromatic carbocycles. The Hall–Kier alpha value is -2.14. The summed E-state index contributed by atoms with van der Waals surface area (Å²) in [5.74, 6) is -0.257. The molecule has 0 radical (unpaired) electrons. The molecule has 0 spiro atoms. The lowest BCUT2D eigenvalue weighted by molar-refractivity contribution is 0.0223. The summed E-state index contributed by atoms with van der Waals surface area (Å²) in [5, 5.41) is 0.491. The van der Waals surface area contributed by atoms with Crippen molar-refractivity contribution in [1.29, 1.82) is 0 Å². The fraction of sp³-hybridized carbons (Fsp3) is 0.368. The van der Waals surface area contributed by atoms with Gasteiger partial charge in [0.25, 0.3) is 0 Å². The van der Waals surface area contributed by atoms with E-state index in [1.165, 1.54) is 6.07 Å². The summed E-state index contributed by atoms with van der Waals surface area (Å²) < 4.78 is 19.7. The normalized spacial score (nSPS) is 14.2. The number of hydrogen-bond donors (Lipinski definition) is 0. The largest absolute Gasteiger partial charge is 0.444 e. The molecule has 6 heteroatoms. The average molecular weight is 363 g/mol. The predicted molar refractivity (Wildman–Crippen MR) is 95.0 cm³/mol. The van der Waals surface area contributed by atoms with E-state index in [9.17, 15) is 9.18 Å². The van der Waals surface area contributed by atoms with Gasteiger partial charge in [-0.05, 0) is 56.0 Å². The topological polar surface area (TPSA) is 42.4 Å². The number of amides is 1. The molecule has 0 N–H and O–H groups in total. The van der Waals surface area contributed by atoms with Gasteiger partial charge in [0, 0.05) is 31.0 Å². The lowest BCUT2D eigenvalue weighted by atomic mass is 9.91. The molecule has 25 heavy (non-hydrogen) atoms. The molecule has 2 aromatic rings. The number of ether oxygens (including phenoxy) is 1. The van der Waals surface area contributed by atoms with E-state index >= 15 is 0 Å². The third-order valence-electron chi connectivity index (χ3n) is 4.07. The van der Waals surface area contributed by atoms with Crippen LogP contribution in [0.15, 0.2) is 30.6 Å². The number of fused-ring (bicyclic) bond motifs is 1. The van der Waals surface area contributed by atoms with Crippen molar-refractivity contribution in [3.8, 4) is 11.1 Å². The number of halogens is 2. The van der Waals surface area contributed by atoms with Gasteiger partial charge in [-0.2, -0.15) is 0 Å². The van der Waals surface area contributed by atoms with Crippen LogP contribution >= 0.6 is 11.6 Å². The zero-order valence-electron chi connectivity index (χ0n) is 14.5. The Morgan fingerprint density at radius 3 is 2.68 bits per heavy atom. The SMILES string of the molecule is CC(C)(C)OC(=O)N1CCc2c(F)ccc(-c3ccncc3Cl)c2C1. The van der Waals surface area contributed by atoms with Crippen LogP contribution in [-0.4, -0.2) is 28.1 Å². The molecule has 1 aliphatic rings. The number of benzene rings is 1. The Bertz CT molecular complexity index is 818. The maximum atomic E-state index is 14.3. The molecule has 1 amide bonds. The predicted octanol–water partition coefficient (Wildman–Crippen LogP) is 4.83. The second-order valence-electron chi connectivity index (χ2n) is 7.06. The van der Waals surface area contributed by atoms with Gasteiger partial charge in [-0.15, -0.1) is 0 Å². The van der Waals surface area contributed by atoms with Crippen LogP contribution in [0.3, 0.4) is 0 Å². The van der Waals surface area contributed by atoms with E-state index in [1.54, 1.807) is 29.4 Å². The van der Waals surface area contributed by atoms with E-state index in [0.717, 1.165) is 16.7 Å². The van der Waals surface area contributed by atoms with Gasteiger partial charge in [-0.3, -0.25) is 4.98 Å². The molecule has 4 nitrogen and oxygen atoms in total. The second-order valence-corrected chi connectivity index (χ2v) is 7.47. The summed E-state index contributed by atoms with van der Waals surface area (Å²) in [6.45, 7) is 6.18. The Kier molecular flexibility index (Phi) is 4.69. The average Bonchev–Trinajstić information content (AvgIpc) is 2.54. The smallest absolute Gasteiger partial charge is 0.410 e. The maximum absolute atomic E-state index is 14.3. The van der Waals surface area contributed by atoms with Crippen molar-refractivity contribution >= 4 is 17.7 Å². The van der Waals surface area contributed by atoms with Gasteiger partial charge >= 0.3 is 6.09 Å². The highest BCUT2D eigenvalue weighted by atomic mass is 35.5. The molecule has 1 aromatic heterocycles. The van der Waals surface area contributed by atoms with Crippen molar-refractivity contribution in [2.24, 2.45) is 0 Å². The first-order chi connectivity index (χ1) is 11.8. The van der Waals surface area contributed by atoms with E-state index < -0.39 is 11.7 Å². The molecule has 0 atom stereocenters. The minimum Gasteiger partial charge on any atom is -0.444 e. The molecule has 0 aliphatic carbocycles. The number of hydrogen-bond acceptors (Lipinski definition) is 3. The number of nitrogens with zero attached hydrogens (tertiary/aromatic N) is 2. The Balaban J connectivity index is 1.99. The van der Waals surface area contributed by atoms with Crippen LogP contribution in [-0.2, 0) is 17.7 Å². The fourth-order valence-corrected chi connectivity index (χ4v) is 3.18. The molecule has 0 saturated carbocycles. The molecular formula is C19H20ClFN2O2. The van der Waals surface area contributed by atoms with Gasteiger partial charge in [-0.1, -0.05) is 17.7 Å². The van der Waals surface area contributed by atoms with E-state index in [0.29, 0.717) is 23.6 Å². The highest BCUT2D eigenvalue weighted by Crippen LogP contribution is 2.35. The molecule has 0 bridgehead atoms. The van der Waals surface area contributed by atoms with Gasteiger partial charge in [0.05, 0.1) is 5.02 Å². The third kappa shape index (κ3) is 3.76. The number of carbonyl (C=O) groups excluding carboxylic acids is 1. The van der Waals surface area contributed by atoms with Crippen LogP contribution in [0.5, 0.6) is 0 Å². The summed E-state index contributed by atoms with van der Waals surface area (Å²) in [6, 6.07) is 4.95. The fourth-order valence-electron chi connectivity index (χ4n) is 2.96. The van der Waals surface area contributed by atoms with Crippen LogP contribution < -0.4 is 0 Å². The van der Waals surface area contributed by atoms with Crippen LogP contribution in [0, 0.1) is 5.82 Å². The highest BCUT2D eigenvalue weighted by Gasteiger charge is 2.29. The van der Waals surface area contributed by atoms with E-state index in [-0.39, 0.29) is 12.4 Å². The molecule has 3 rings (SSSR count). The summed E-state index contributed by atoms with van der Waals surface area (Å²) in [6.07, 6.45) is 3.25. The quantitative estimate of drug-likeness (QED) is 0.729. The molecule has 0 unspecified atom stereocenters. The van der Waals surface area contributed by atoms with E-state index in [1.807, 2.05) is 20.8 Å². The van der Waals surface area contributed by atoms with Gasteiger partial charge in [0.15, 0.2) is 0 Å². The van der Waals surface area contributed by atoms with Gasteiger partial charge in [-0.25, -0.2) is 9.18 Å². The first kappa shape index (κ1) is 17.7. The Morgan fingerprint density at radius 1 is 1.24 bits per heavy atom. The summed E-state index contributed by atoms with van der Waals surface area (Å²) in [5.41, 5.74) is 2.42. The third-order valence-corrected chi connectivity index (χ3v) is 4.37. The van der Waals surface area contributed by atoms with Crippen molar-refractivity contribution < 1.29 is 13.9 Å². The van der Waals surface area contributed by atoms with Crippen molar-refractivity contribution in [2.75, 3.05) is 6.54 Å². The van der Waals surface area contributed by atoms with Gasteiger partial charge in [0.2, 0.25) is 0 Å². The minimum atomic E-state index is -0.573. The van der Waals surface area contributed by atoms with E-state index in [2.05, 4.69) is 4.98 Å². The molecule has 1 aliphatic heterocycles. The molecule has 132 valence electrons. The lowest BCUT2D eigenvalue weighted by Gasteiger charge is -2.32. The highest BCUT2D eigenvalue weighted by molar-refractivity contribution is 6.33. The zero-order chi connectivity index (χ0) is 18.2. The second kappa shape index (κ2) is 6.64. The van der Waals surface area contributed by atoms with Gasteiger partial charge in [0.1, 0.15) is 11.4 Å². The molecule has 0 fully saturated rings. The zero-order valence-corrected chi connectivity index (χ0v) is 15.2. The van der Waals surface area contributed by atoms with Crippen molar-refractivity contribution in [2.45, 2.75) is 39.3 Å². The molecular weight excluding hydrogens is 343 g/mol. The summed E-state index contributed by atoms with van der Waals surface area (Å²) in [7, 11) is 0. The summed E-state index contributed by atoms with van der Waals surface area (Å²) >= 11 is 6.27. The standard InChI is InChI=1S/C19H20ClFN2O2/c1-19(2,3)25-18(24)23-9-7-14-15(11-23)12(4-5-17(14)21)13-6-8-22-10-16(13)20/h4-6,8,10H,7,9,11H2,1-3H3. The van der Waals surface area contributed by atoms with Crippen molar-refractivity contribution in [3.05, 3.63) is 52.6 Å². The summed E-state index contributed by atoms with van der Waals surface area (Å²) in [4.78, 5) is 18.0. The minimum absolute atomic E-state index is 0.257. The first-order valence-corrected chi connectivity index (χ1v) is 8.52. The lowest BCUT2D eigenvalue weighted by Crippen LogP contribution is -2.40.